The molecule has 2 rings (SSSR count). The van der Waals surface area contributed by atoms with Gasteiger partial charge in [-0.2, -0.15) is 0 Å². The third kappa shape index (κ3) is 3.00. The average Bonchev–Trinajstić information content (AvgIpc) is 2.46. The number of pyridine rings is 1. The van der Waals surface area contributed by atoms with Gasteiger partial charge in [-0.3, -0.25) is 0 Å². The van der Waals surface area contributed by atoms with Crippen LogP contribution in [0.2, 0.25) is 0 Å². The Morgan fingerprint density at radius 1 is 1.11 bits per heavy atom. The van der Waals surface area contributed by atoms with Crippen LogP contribution in [0.15, 0.2) is 42.6 Å². The maximum absolute atomic E-state index is 5.20. The molecule has 0 saturated heterocycles. The number of hydrogen-bond donors (Lipinski definition) is 1. The van der Waals surface area contributed by atoms with Gasteiger partial charge in [0.2, 0.25) is 5.88 Å². The summed E-state index contributed by atoms with van der Waals surface area (Å²) >= 11 is 0. The maximum Gasteiger partial charge on any atom is 0.237 e. The summed E-state index contributed by atoms with van der Waals surface area (Å²) in [7, 11) is 1.63. The molecular weight excluding hydrogens is 224 g/mol. The zero-order valence-corrected chi connectivity index (χ0v) is 10.8. The minimum atomic E-state index is 0.627. The van der Waals surface area contributed by atoms with Gasteiger partial charge in [-0.05, 0) is 29.7 Å². The second-order valence-corrected chi connectivity index (χ2v) is 4.08. The molecule has 1 aromatic carbocycles. The molecule has 2 aromatic rings. The summed E-state index contributed by atoms with van der Waals surface area (Å²) in [4.78, 5) is 4.15. The molecule has 0 aliphatic carbocycles. The Morgan fingerprint density at radius 2 is 1.83 bits per heavy atom. The molecule has 0 unspecified atom stereocenters. The molecular formula is C15H18N2O. The smallest absolute Gasteiger partial charge is 0.237 e. The first-order valence-electron chi connectivity index (χ1n) is 6.14. The van der Waals surface area contributed by atoms with E-state index in [9.17, 15) is 0 Å². The molecule has 1 aromatic heterocycles. The number of nitrogens with zero attached hydrogens (tertiary/aromatic N) is 1. The molecule has 0 aliphatic rings. The van der Waals surface area contributed by atoms with E-state index in [0.717, 1.165) is 18.7 Å². The topological polar surface area (TPSA) is 34.2 Å². The molecule has 1 heterocycles. The number of nitrogens with one attached hydrogen (secondary N) is 1. The summed E-state index contributed by atoms with van der Waals surface area (Å²) in [6.07, 6.45) is 2.80. The lowest BCUT2D eigenvalue weighted by Crippen LogP contribution is -2.02. The second kappa shape index (κ2) is 6.05. The van der Waals surface area contributed by atoms with Crippen molar-refractivity contribution in [3.8, 4) is 5.88 Å². The number of hydrogen-bond acceptors (Lipinski definition) is 3. The van der Waals surface area contributed by atoms with Gasteiger partial charge in [-0.1, -0.05) is 31.2 Å². The van der Waals surface area contributed by atoms with E-state index in [-0.39, 0.29) is 0 Å². The molecule has 18 heavy (non-hydrogen) atoms. The summed E-state index contributed by atoms with van der Waals surface area (Å²) in [5.41, 5.74) is 3.52. The Bertz CT molecular complexity index is 494. The van der Waals surface area contributed by atoms with Crippen LogP contribution >= 0.6 is 0 Å². The van der Waals surface area contributed by atoms with Crippen molar-refractivity contribution in [2.24, 2.45) is 0 Å². The Morgan fingerprint density at radius 3 is 2.50 bits per heavy atom. The predicted octanol–water partition coefficient (Wildman–Crippen LogP) is 3.26. The van der Waals surface area contributed by atoms with Crippen molar-refractivity contribution in [3.05, 3.63) is 53.7 Å². The molecule has 1 N–H and O–H groups in total. The summed E-state index contributed by atoms with van der Waals surface area (Å²) in [6, 6.07) is 12.5. The van der Waals surface area contributed by atoms with Gasteiger partial charge in [0.25, 0.3) is 0 Å². The highest BCUT2D eigenvalue weighted by Crippen LogP contribution is 2.20. The van der Waals surface area contributed by atoms with Crippen LogP contribution in [0.4, 0.5) is 5.69 Å². The highest BCUT2D eigenvalue weighted by molar-refractivity contribution is 5.52. The molecule has 0 spiro atoms. The lowest BCUT2D eigenvalue weighted by Gasteiger charge is -2.10. The predicted molar refractivity (Wildman–Crippen MR) is 73.9 cm³/mol. The van der Waals surface area contributed by atoms with Gasteiger partial charge in [-0.25, -0.2) is 4.98 Å². The number of anilines is 1. The minimum Gasteiger partial charge on any atom is -0.480 e. The van der Waals surface area contributed by atoms with E-state index in [1.807, 2.05) is 12.1 Å². The molecule has 0 saturated carbocycles. The Labute approximate surface area is 108 Å². The zero-order chi connectivity index (χ0) is 12.8. The van der Waals surface area contributed by atoms with Gasteiger partial charge in [-0.15, -0.1) is 0 Å². The fourth-order valence-electron chi connectivity index (χ4n) is 1.78. The van der Waals surface area contributed by atoms with Crippen molar-refractivity contribution >= 4 is 5.69 Å². The number of aromatic nitrogens is 1. The Balaban J connectivity index is 2.02. The van der Waals surface area contributed by atoms with Crippen LogP contribution in [0.1, 0.15) is 18.1 Å². The van der Waals surface area contributed by atoms with Crippen LogP contribution in [0.25, 0.3) is 0 Å². The van der Waals surface area contributed by atoms with E-state index < -0.39 is 0 Å². The maximum atomic E-state index is 5.20. The van der Waals surface area contributed by atoms with E-state index in [0.29, 0.717) is 5.88 Å². The fourth-order valence-corrected chi connectivity index (χ4v) is 1.78. The van der Waals surface area contributed by atoms with Crippen LogP contribution in [0, 0.1) is 0 Å². The van der Waals surface area contributed by atoms with Crippen molar-refractivity contribution in [3.63, 3.8) is 0 Å². The first kappa shape index (κ1) is 12.4. The zero-order valence-electron chi connectivity index (χ0n) is 10.8. The van der Waals surface area contributed by atoms with E-state index in [1.165, 1.54) is 11.1 Å². The molecule has 94 valence electrons. The highest BCUT2D eigenvalue weighted by atomic mass is 16.5. The molecule has 3 nitrogen and oxygen atoms in total. The van der Waals surface area contributed by atoms with E-state index in [1.54, 1.807) is 13.3 Å². The van der Waals surface area contributed by atoms with Gasteiger partial charge >= 0.3 is 0 Å². The quantitative estimate of drug-likeness (QED) is 0.873. The molecule has 0 amide bonds. The highest BCUT2D eigenvalue weighted by Gasteiger charge is 2.02. The third-order valence-corrected chi connectivity index (χ3v) is 2.88. The van der Waals surface area contributed by atoms with E-state index in [4.69, 9.17) is 4.74 Å². The first-order valence-corrected chi connectivity index (χ1v) is 6.14. The molecule has 3 heteroatoms. The summed E-state index contributed by atoms with van der Waals surface area (Å²) in [5, 5.41) is 3.33. The van der Waals surface area contributed by atoms with Gasteiger partial charge in [0.05, 0.1) is 12.8 Å². The standard InChI is InChI=1S/C15H18N2O/c1-3-12-6-8-13(9-7-12)11-17-14-5-4-10-16-15(14)18-2/h4-10,17H,3,11H2,1-2H3. The number of benzene rings is 1. The van der Waals surface area contributed by atoms with Crippen LogP contribution in [0.3, 0.4) is 0 Å². The minimum absolute atomic E-state index is 0.627. The second-order valence-electron chi connectivity index (χ2n) is 4.08. The Kier molecular flexibility index (Phi) is 4.18. The number of aryl methyl sites for hydroxylation is 1. The van der Waals surface area contributed by atoms with Crippen LogP contribution in [-0.2, 0) is 13.0 Å². The van der Waals surface area contributed by atoms with Crippen molar-refractivity contribution in [2.45, 2.75) is 19.9 Å². The van der Waals surface area contributed by atoms with Crippen LogP contribution in [-0.4, -0.2) is 12.1 Å². The summed E-state index contributed by atoms with van der Waals surface area (Å²) in [6.45, 7) is 2.93. The van der Waals surface area contributed by atoms with Gasteiger partial charge in [0.1, 0.15) is 0 Å². The van der Waals surface area contributed by atoms with E-state index in [2.05, 4.69) is 41.5 Å². The van der Waals surface area contributed by atoms with Gasteiger partial charge in [0.15, 0.2) is 0 Å². The van der Waals surface area contributed by atoms with Crippen LogP contribution < -0.4 is 10.1 Å². The van der Waals surface area contributed by atoms with Crippen molar-refractivity contribution < 1.29 is 4.74 Å². The fraction of sp³-hybridized carbons (Fsp3) is 0.267. The molecule has 0 fully saturated rings. The first-order chi connectivity index (χ1) is 8.83. The molecule has 0 aliphatic heterocycles. The summed E-state index contributed by atoms with van der Waals surface area (Å²) in [5.74, 6) is 0.627. The van der Waals surface area contributed by atoms with Crippen molar-refractivity contribution in [2.75, 3.05) is 12.4 Å². The molecule has 0 atom stereocenters. The molecule has 0 bridgehead atoms. The normalized spacial score (nSPS) is 10.1. The van der Waals surface area contributed by atoms with Crippen LogP contribution in [0.5, 0.6) is 5.88 Å². The summed E-state index contributed by atoms with van der Waals surface area (Å²) < 4.78 is 5.20. The number of methoxy groups -OCH3 is 1. The largest absolute Gasteiger partial charge is 0.480 e. The van der Waals surface area contributed by atoms with Gasteiger partial charge < -0.3 is 10.1 Å². The average molecular weight is 242 g/mol. The lowest BCUT2D eigenvalue weighted by atomic mass is 10.1. The SMILES string of the molecule is CCc1ccc(CNc2cccnc2OC)cc1. The number of rotatable bonds is 5. The lowest BCUT2D eigenvalue weighted by molar-refractivity contribution is 0.399. The van der Waals surface area contributed by atoms with Crippen molar-refractivity contribution in [1.82, 2.24) is 4.98 Å². The number of ether oxygens (including phenoxy) is 1. The van der Waals surface area contributed by atoms with E-state index >= 15 is 0 Å². The Hall–Kier alpha value is -2.03. The van der Waals surface area contributed by atoms with Crippen molar-refractivity contribution in [1.29, 1.82) is 0 Å². The van der Waals surface area contributed by atoms with Gasteiger partial charge in [0, 0.05) is 12.7 Å². The molecule has 0 radical (unpaired) electrons. The monoisotopic (exact) mass is 242 g/mol. The third-order valence-electron chi connectivity index (χ3n) is 2.88.